The third-order valence-corrected chi connectivity index (χ3v) is 3.67. The van der Waals surface area contributed by atoms with Gasteiger partial charge in [0, 0.05) is 17.2 Å². The van der Waals surface area contributed by atoms with Crippen molar-refractivity contribution in [3.05, 3.63) is 47.5 Å². The van der Waals surface area contributed by atoms with E-state index in [0.29, 0.717) is 34.1 Å². The lowest BCUT2D eigenvalue weighted by Crippen LogP contribution is -2.03. The summed E-state index contributed by atoms with van der Waals surface area (Å²) in [5.41, 5.74) is 1.07. The molecule has 0 fully saturated rings. The van der Waals surface area contributed by atoms with Crippen molar-refractivity contribution in [2.75, 3.05) is 28.4 Å². The molecule has 2 rings (SSSR count). The summed E-state index contributed by atoms with van der Waals surface area (Å²) >= 11 is 0. The molecule has 2 aromatic carbocycles. The molecular formula is C19H20O6. The van der Waals surface area contributed by atoms with Crippen LogP contribution in [0.1, 0.15) is 11.1 Å². The zero-order valence-corrected chi connectivity index (χ0v) is 14.5. The molecule has 132 valence electrons. The minimum absolute atomic E-state index is 0.0548. The highest BCUT2D eigenvalue weighted by molar-refractivity contribution is 6.21. The number of rotatable bonds is 7. The standard InChI is InChI=1S/C19H20O6/c1-22-13-7-8-17(24-3)15(10-13)16(19(20)21)9-12-5-6-14(23-2)11-18(12)25-4/h5-11H,1-4H3,(H,20,21)/b16-9-. The van der Waals surface area contributed by atoms with Crippen LogP contribution in [0, 0.1) is 0 Å². The monoisotopic (exact) mass is 344 g/mol. The highest BCUT2D eigenvalue weighted by Gasteiger charge is 2.18. The van der Waals surface area contributed by atoms with E-state index in [4.69, 9.17) is 18.9 Å². The van der Waals surface area contributed by atoms with Gasteiger partial charge in [0.25, 0.3) is 0 Å². The Morgan fingerprint density at radius 3 is 2.00 bits per heavy atom. The van der Waals surface area contributed by atoms with E-state index >= 15 is 0 Å². The van der Waals surface area contributed by atoms with E-state index < -0.39 is 5.97 Å². The van der Waals surface area contributed by atoms with Crippen LogP contribution < -0.4 is 18.9 Å². The lowest BCUT2D eigenvalue weighted by molar-refractivity contribution is -0.130. The summed E-state index contributed by atoms with van der Waals surface area (Å²) in [6, 6.07) is 10.1. The van der Waals surface area contributed by atoms with Crippen LogP contribution >= 0.6 is 0 Å². The molecule has 0 heterocycles. The average molecular weight is 344 g/mol. The van der Waals surface area contributed by atoms with E-state index in [0.717, 1.165) is 0 Å². The zero-order chi connectivity index (χ0) is 18.4. The summed E-state index contributed by atoms with van der Waals surface area (Å²) in [5, 5.41) is 9.71. The lowest BCUT2D eigenvalue weighted by atomic mass is 10.0. The molecule has 0 spiro atoms. The van der Waals surface area contributed by atoms with Crippen LogP contribution in [-0.4, -0.2) is 39.5 Å². The Hall–Kier alpha value is -3.15. The van der Waals surface area contributed by atoms with Crippen molar-refractivity contribution in [3.8, 4) is 23.0 Å². The summed E-state index contributed by atoms with van der Waals surface area (Å²) in [7, 11) is 6.06. The number of hydrogen-bond acceptors (Lipinski definition) is 5. The van der Waals surface area contributed by atoms with Crippen LogP contribution in [0.2, 0.25) is 0 Å². The Labute approximate surface area is 146 Å². The van der Waals surface area contributed by atoms with Crippen molar-refractivity contribution in [2.24, 2.45) is 0 Å². The minimum Gasteiger partial charge on any atom is -0.497 e. The lowest BCUT2D eigenvalue weighted by Gasteiger charge is -2.12. The number of carbonyl (C=O) groups is 1. The molecular weight excluding hydrogens is 324 g/mol. The van der Waals surface area contributed by atoms with Gasteiger partial charge < -0.3 is 24.1 Å². The predicted octanol–water partition coefficient (Wildman–Crippen LogP) is 3.35. The summed E-state index contributed by atoms with van der Waals surface area (Å²) in [5.74, 6) is 0.987. The predicted molar refractivity (Wildman–Crippen MR) is 94.6 cm³/mol. The maximum absolute atomic E-state index is 11.9. The summed E-state index contributed by atoms with van der Waals surface area (Å²) in [6.07, 6.45) is 1.53. The van der Waals surface area contributed by atoms with Crippen LogP contribution in [-0.2, 0) is 4.79 Å². The molecule has 0 saturated heterocycles. The molecule has 0 aromatic heterocycles. The van der Waals surface area contributed by atoms with E-state index in [9.17, 15) is 9.90 Å². The van der Waals surface area contributed by atoms with Crippen molar-refractivity contribution in [3.63, 3.8) is 0 Å². The molecule has 6 nitrogen and oxygen atoms in total. The van der Waals surface area contributed by atoms with Crippen molar-refractivity contribution in [1.29, 1.82) is 0 Å². The molecule has 6 heteroatoms. The third kappa shape index (κ3) is 4.03. The second-order valence-electron chi connectivity index (χ2n) is 5.04. The first kappa shape index (κ1) is 18.2. The first-order valence-electron chi connectivity index (χ1n) is 7.43. The number of carboxylic acid groups (broad SMARTS) is 1. The third-order valence-electron chi connectivity index (χ3n) is 3.67. The quantitative estimate of drug-likeness (QED) is 0.613. The van der Waals surface area contributed by atoms with Crippen LogP contribution in [0.15, 0.2) is 36.4 Å². The molecule has 0 atom stereocenters. The van der Waals surface area contributed by atoms with Crippen molar-refractivity contribution in [1.82, 2.24) is 0 Å². The number of aliphatic carboxylic acids is 1. The van der Waals surface area contributed by atoms with Gasteiger partial charge in [-0.05, 0) is 36.4 Å². The van der Waals surface area contributed by atoms with Gasteiger partial charge in [-0.15, -0.1) is 0 Å². The second kappa shape index (κ2) is 8.10. The number of hydrogen-bond donors (Lipinski definition) is 1. The fraction of sp³-hybridized carbons (Fsp3) is 0.211. The van der Waals surface area contributed by atoms with Crippen LogP contribution in [0.4, 0.5) is 0 Å². The van der Waals surface area contributed by atoms with Gasteiger partial charge in [-0.3, -0.25) is 0 Å². The minimum atomic E-state index is -1.09. The van der Waals surface area contributed by atoms with Crippen molar-refractivity contribution < 1.29 is 28.8 Å². The topological polar surface area (TPSA) is 74.2 Å². The van der Waals surface area contributed by atoms with Gasteiger partial charge in [-0.1, -0.05) is 0 Å². The van der Waals surface area contributed by atoms with Crippen LogP contribution in [0.5, 0.6) is 23.0 Å². The maximum atomic E-state index is 11.9. The van der Waals surface area contributed by atoms with Gasteiger partial charge in [0.15, 0.2) is 0 Å². The van der Waals surface area contributed by atoms with Gasteiger partial charge in [-0.2, -0.15) is 0 Å². The van der Waals surface area contributed by atoms with Crippen molar-refractivity contribution in [2.45, 2.75) is 0 Å². The molecule has 0 amide bonds. The largest absolute Gasteiger partial charge is 0.497 e. The van der Waals surface area contributed by atoms with Crippen LogP contribution in [0.25, 0.3) is 11.6 Å². The second-order valence-corrected chi connectivity index (χ2v) is 5.04. The molecule has 2 aromatic rings. The van der Waals surface area contributed by atoms with Gasteiger partial charge in [0.2, 0.25) is 0 Å². The SMILES string of the molecule is COc1ccc(/C=C(\C(=O)O)c2cc(OC)ccc2OC)c(OC)c1. The number of ether oxygens (including phenoxy) is 4. The van der Waals surface area contributed by atoms with Crippen molar-refractivity contribution >= 4 is 17.6 Å². The molecule has 0 aliphatic carbocycles. The summed E-state index contributed by atoms with van der Waals surface area (Å²) in [4.78, 5) is 11.9. The molecule has 0 radical (unpaired) electrons. The van der Waals surface area contributed by atoms with E-state index in [2.05, 4.69) is 0 Å². The first-order chi connectivity index (χ1) is 12.0. The Morgan fingerprint density at radius 1 is 0.840 bits per heavy atom. The van der Waals surface area contributed by atoms with E-state index in [1.807, 2.05) is 0 Å². The molecule has 0 bridgehead atoms. The maximum Gasteiger partial charge on any atom is 0.336 e. The molecule has 25 heavy (non-hydrogen) atoms. The number of carboxylic acids is 1. The van der Waals surface area contributed by atoms with E-state index in [1.165, 1.54) is 27.4 Å². The zero-order valence-electron chi connectivity index (χ0n) is 14.5. The molecule has 1 N–H and O–H groups in total. The fourth-order valence-corrected chi connectivity index (χ4v) is 2.37. The van der Waals surface area contributed by atoms with Gasteiger partial charge >= 0.3 is 5.97 Å². The van der Waals surface area contributed by atoms with Crippen LogP contribution in [0.3, 0.4) is 0 Å². The Balaban J connectivity index is 2.63. The highest BCUT2D eigenvalue weighted by Crippen LogP contribution is 2.34. The molecule has 0 unspecified atom stereocenters. The van der Waals surface area contributed by atoms with Gasteiger partial charge in [0.05, 0.1) is 34.0 Å². The smallest absolute Gasteiger partial charge is 0.336 e. The molecule has 0 aliphatic heterocycles. The Morgan fingerprint density at radius 2 is 1.44 bits per heavy atom. The normalized spacial score (nSPS) is 11.0. The van der Waals surface area contributed by atoms with E-state index in [1.54, 1.807) is 43.5 Å². The number of methoxy groups -OCH3 is 4. The molecule has 0 saturated carbocycles. The fourth-order valence-electron chi connectivity index (χ4n) is 2.37. The highest BCUT2D eigenvalue weighted by atomic mass is 16.5. The average Bonchev–Trinajstić information content (AvgIpc) is 2.65. The molecule has 0 aliphatic rings. The first-order valence-corrected chi connectivity index (χ1v) is 7.43. The summed E-state index contributed by atoms with van der Waals surface area (Å²) in [6.45, 7) is 0. The van der Waals surface area contributed by atoms with E-state index in [-0.39, 0.29) is 5.57 Å². The Bertz CT molecular complexity index is 794. The number of benzene rings is 2. The Kier molecular flexibility index (Phi) is 5.89. The summed E-state index contributed by atoms with van der Waals surface area (Å²) < 4.78 is 21.0. The van der Waals surface area contributed by atoms with Gasteiger partial charge in [0.1, 0.15) is 23.0 Å². The van der Waals surface area contributed by atoms with Gasteiger partial charge in [-0.25, -0.2) is 4.79 Å².